The minimum absolute atomic E-state index is 0.00241. The number of cyclic esters (lactones) is 2. The Kier molecular flexibility index (Phi) is 27.0. The number of ether oxygens (including phenoxy) is 10. The molecule has 1 aromatic rings. The smallest absolute Gasteiger partial charge is 0.342 e. The molecule has 2 bridgehead atoms. The van der Waals surface area contributed by atoms with Crippen LogP contribution in [0.5, 0.6) is 0 Å². The number of fused-ring (bicyclic) bond motifs is 6. The van der Waals surface area contributed by atoms with Gasteiger partial charge in [-0.3, -0.25) is 38.4 Å². The number of piperidine rings is 1. The molecule has 1 amide bonds. The molecule has 4 aliphatic heterocycles. The molecule has 2 saturated heterocycles. The number of Topliss-reactive ketones (excluding diaryl/α,β-unsaturated/α-hetero) is 4. The van der Waals surface area contributed by atoms with E-state index in [-0.39, 0.29) is 73.6 Å². The van der Waals surface area contributed by atoms with E-state index in [2.05, 4.69) is 0 Å². The van der Waals surface area contributed by atoms with Crippen molar-refractivity contribution in [3.8, 4) is 0 Å². The Morgan fingerprint density at radius 2 is 1.50 bits per heavy atom. The summed E-state index contributed by atoms with van der Waals surface area (Å²) >= 11 is 0. The van der Waals surface area contributed by atoms with Crippen molar-refractivity contribution in [3.63, 3.8) is 0 Å². The van der Waals surface area contributed by atoms with Crippen LogP contribution in [0.2, 0.25) is 19.6 Å². The van der Waals surface area contributed by atoms with Gasteiger partial charge in [0.05, 0.1) is 36.4 Å². The molecule has 0 spiro atoms. The van der Waals surface area contributed by atoms with Gasteiger partial charge in [-0.05, 0) is 164 Å². The van der Waals surface area contributed by atoms with Gasteiger partial charge >= 0.3 is 29.8 Å². The lowest BCUT2D eigenvalue weighted by molar-refractivity contribution is -0.265. The molecule has 580 valence electrons. The van der Waals surface area contributed by atoms with Gasteiger partial charge in [0.1, 0.15) is 66.7 Å². The predicted molar refractivity (Wildman–Crippen MR) is 385 cm³/mol. The van der Waals surface area contributed by atoms with E-state index in [1.807, 2.05) is 98.5 Å². The standard InChI is InChI=1S/C80H113NO23Si/c1-43-23-19-18-20-24-44(2)58(94-12)37-52-28-26-49(7)80(92,103-52)74(88)75(89)81-32-22-21-25-55(81)77(91)100-59(38-56(83)45(3)34-48(6)71(104-105(15,16)17)73(96-14)69(86)47(5)33-43)46(4)35-51-27-30-57(60(36-51)95-13)99-64(84)39-65(85)101-62-31-29-54-66-68(61(98-50(8)82)40-78(54,62)9)79(10)63(42-93-11)102-76(90)53-41-97-72(67(53)79)70(66)87/h18-20,23-24,34,41,43,45-47,49,51-52,54-55,57-63,71,73,92H,21-22,25-33,35-40,42H2,1-17H3/b20-18+,23-19+,44-24+,48-34+/t43-,45-,46+,47-,49-,51+,52+,54?,55+,57-,58+,59+,60-,61-,62+,63-,71-,73+,78+,79+,80-/m1/s1. The largest absolute Gasteiger partial charge is 0.461 e. The molecule has 105 heavy (non-hydrogen) atoms. The maximum Gasteiger partial charge on any atom is 0.342 e. The highest BCUT2D eigenvalue weighted by Gasteiger charge is 2.65. The molecule has 1 aromatic heterocycles. The zero-order chi connectivity index (χ0) is 76.9. The topological polar surface area (TPSA) is 309 Å². The lowest BCUT2D eigenvalue weighted by Gasteiger charge is -2.52. The van der Waals surface area contributed by atoms with E-state index in [1.54, 1.807) is 27.0 Å². The van der Waals surface area contributed by atoms with Crippen LogP contribution in [0, 0.1) is 46.8 Å². The number of ketones is 4. The molecule has 25 heteroatoms. The molecule has 4 aliphatic carbocycles. The summed E-state index contributed by atoms with van der Waals surface area (Å²) in [6, 6.07) is -1.25. The highest BCUT2D eigenvalue weighted by molar-refractivity contribution is 6.69. The van der Waals surface area contributed by atoms with Crippen molar-refractivity contribution in [1.82, 2.24) is 4.90 Å². The Morgan fingerprint density at radius 3 is 2.17 bits per heavy atom. The Bertz CT molecular complexity index is 3590. The molecule has 21 atom stereocenters. The van der Waals surface area contributed by atoms with Gasteiger partial charge in [-0.1, -0.05) is 78.0 Å². The number of esters is 5. The van der Waals surface area contributed by atoms with Crippen molar-refractivity contribution >= 4 is 67.2 Å². The fraction of sp³-hybridized carbons (Fsp3) is 0.700. The fourth-order valence-electron chi connectivity index (χ4n) is 17.9. The summed E-state index contributed by atoms with van der Waals surface area (Å²) in [6.07, 6.45) is 8.60. The first-order valence-corrected chi connectivity index (χ1v) is 41.1. The van der Waals surface area contributed by atoms with E-state index in [9.17, 15) is 53.1 Å². The first kappa shape index (κ1) is 82.5. The third-order valence-corrected chi connectivity index (χ3v) is 24.6. The maximum atomic E-state index is 15.0. The van der Waals surface area contributed by atoms with E-state index in [0.717, 1.165) is 5.57 Å². The number of carbonyl (C=O) groups is 10. The van der Waals surface area contributed by atoms with Gasteiger partial charge in [-0.15, -0.1) is 0 Å². The Balaban J connectivity index is 0.920. The molecular formula is C80H113NO23Si. The number of furan rings is 1. The molecule has 2 saturated carbocycles. The third-order valence-electron chi connectivity index (χ3n) is 23.6. The van der Waals surface area contributed by atoms with Crippen LogP contribution in [0.4, 0.5) is 0 Å². The number of allylic oxidation sites excluding steroid dienone is 7. The molecule has 1 unspecified atom stereocenters. The first-order chi connectivity index (χ1) is 49.5. The highest BCUT2D eigenvalue weighted by Crippen LogP contribution is 2.63. The van der Waals surface area contributed by atoms with Crippen molar-refractivity contribution in [3.05, 3.63) is 81.9 Å². The van der Waals surface area contributed by atoms with Crippen LogP contribution in [-0.2, 0) is 95.6 Å². The summed E-state index contributed by atoms with van der Waals surface area (Å²) < 4.78 is 73.0. The lowest BCUT2D eigenvalue weighted by Crippen LogP contribution is -2.61. The van der Waals surface area contributed by atoms with Crippen LogP contribution in [0.15, 0.2) is 69.4 Å². The van der Waals surface area contributed by atoms with Gasteiger partial charge in [0.2, 0.25) is 11.6 Å². The molecule has 5 heterocycles. The van der Waals surface area contributed by atoms with E-state index in [4.69, 9.17) is 56.2 Å². The van der Waals surface area contributed by atoms with Crippen molar-refractivity contribution in [1.29, 1.82) is 0 Å². The molecule has 8 aliphatic rings. The van der Waals surface area contributed by atoms with Gasteiger partial charge < -0.3 is 66.2 Å². The predicted octanol–water partition coefficient (Wildman–Crippen LogP) is 10.9. The van der Waals surface area contributed by atoms with Gasteiger partial charge in [0, 0.05) is 89.1 Å². The van der Waals surface area contributed by atoms with Crippen LogP contribution in [0.1, 0.15) is 198 Å². The van der Waals surface area contributed by atoms with Gasteiger partial charge in [0.25, 0.3) is 11.7 Å². The van der Waals surface area contributed by atoms with Crippen molar-refractivity contribution in [2.24, 2.45) is 46.8 Å². The quantitative estimate of drug-likeness (QED) is 0.0426. The van der Waals surface area contributed by atoms with Crippen LogP contribution in [-0.4, -0.2) is 192 Å². The molecule has 0 aromatic carbocycles. The number of hydrogen-bond donors (Lipinski definition) is 1. The molecule has 0 radical (unpaired) electrons. The second kappa shape index (κ2) is 34.3. The number of carbonyl (C=O) groups excluding carboxylic acids is 10. The van der Waals surface area contributed by atoms with E-state index >= 15 is 0 Å². The Labute approximate surface area is 618 Å². The second-order valence-corrected chi connectivity index (χ2v) is 36.9. The minimum atomic E-state index is -2.51. The minimum Gasteiger partial charge on any atom is -0.461 e. The van der Waals surface area contributed by atoms with Crippen molar-refractivity contribution in [2.45, 2.75) is 270 Å². The summed E-state index contributed by atoms with van der Waals surface area (Å²) in [7, 11) is 3.62. The average Bonchev–Trinajstić information content (AvgIpc) is 1.59. The number of aliphatic hydroxyl groups is 1. The van der Waals surface area contributed by atoms with Crippen LogP contribution >= 0.6 is 0 Å². The van der Waals surface area contributed by atoms with Crippen molar-refractivity contribution < 1.29 is 109 Å². The van der Waals surface area contributed by atoms with E-state index in [0.29, 0.717) is 92.9 Å². The number of hydrogen-bond acceptors (Lipinski definition) is 23. The summed E-state index contributed by atoms with van der Waals surface area (Å²) in [5.74, 6) is -12.6. The zero-order valence-corrected chi connectivity index (χ0v) is 65.5. The average molecular weight is 1480 g/mol. The SMILES string of the molecule is COC[C@H]1OC(=O)c2coc3c2[C@@]1(C)C1=C(C3=O)C2CC[C@H](OC(=O)CC(=O)O[C@@H]3CC[C@@H](C[C@H](C)[C@@H]4CC(=O)[C@H](C)/C=C(\C)[C@@H](O[Si](C)(C)C)[C@@H](OC)C(=O)[C@H](C)C[C@H](C)/C=C/C=C/C=C(\C)[C@@H](OC)C[C@@H]5CC[C@@H](C)[C@@](O)(O5)C(=O)C(=O)N5CCCC[C@H]5C(=O)O4)C[C@H]3OC)[C@@]2(C)C[C@H]1OC(C)=O. The molecule has 4 fully saturated rings. The first-order valence-electron chi connectivity index (χ1n) is 37.7. The molecule has 24 nitrogen and oxygen atoms in total. The molecule has 9 rings (SSSR count). The van der Waals surface area contributed by atoms with Gasteiger partial charge in [-0.25, -0.2) is 9.59 Å². The monoisotopic (exact) mass is 1480 g/mol. The number of rotatable bonds is 15. The summed E-state index contributed by atoms with van der Waals surface area (Å²) in [5.41, 5.74) is 0.590. The Hall–Kier alpha value is -6.58. The maximum absolute atomic E-state index is 15.0. The van der Waals surface area contributed by atoms with Crippen LogP contribution in [0.25, 0.3) is 0 Å². The van der Waals surface area contributed by atoms with Gasteiger partial charge in [0.15, 0.2) is 19.9 Å². The van der Waals surface area contributed by atoms with Crippen LogP contribution in [0.3, 0.4) is 0 Å². The lowest BCUT2D eigenvalue weighted by atomic mass is 9.54. The molecular weight excluding hydrogens is 1370 g/mol. The normalized spacial score (nSPS) is 37.6. The van der Waals surface area contributed by atoms with Crippen molar-refractivity contribution in [2.75, 3.05) is 41.6 Å². The fourth-order valence-corrected chi connectivity index (χ4v) is 19.0. The summed E-state index contributed by atoms with van der Waals surface area (Å²) in [5, 5.41) is 12.2. The van der Waals surface area contributed by atoms with Gasteiger partial charge in [-0.2, -0.15) is 0 Å². The number of nitrogens with zero attached hydrogens (tertiary/aromatic N) is 1. The van der Waals surface area contributed by atoms with E-state index < -0.39 is 175 Å². The number of amides is 1. The van der Waals surface area contributed by atoms with E-state index in [1.165, 1.54) is 39.4 Å². The summed E-state index contributed by atoms with van der Waals surface area (Å²) in [4.78, 5) is 144. The second-order valence-electron chi connectivity index (χ2n) is 32.4. The highest BCUT2D eigenvalue weighted by atomic mass is 28.4. The zero-order valence-electron chi connectivity index (χ0n) is 64.5. The third kappa shape index (κ3) is 17.9. The summed E-state index contributed by atoms with van der Waals surface area (Å²) in [6.45, 7) is 23.9. The number of methoxy groups -OCH3 is 4. The molecule has 1 N–H and O–H groups in total. The Morgan fingerprint density at radius 1 is 0.771 bits per heavy atom. The van der Waals surface area contributed by atoms with Crippen LogP contribution < -0.4 is 0 Å².